The van der Waals surface area contributed by atoms with Crippen LogP contribution in [-0.4, -0.2) is 51.8 Å². The Bertz CT molecular complexity index is 1020. The van der Waals surface area contributed by atoms with Crippen molar-refractivity contribution >= 4 is 23.7 Å². The number of rotatable bonds is 6. The fourth-order valence-corrected chi connectivity index (χ4v) is 4.88. The molecule has 1 atom stereocenters. The van der Waals surface area contributed by atoms with E-state index in [4.69, 9.17) is 18.9 Å². The van der Waals surface area contributed by atoms with Gasteiger partial charge in [-0.3, -0.25) is 4.90 Å². The van der Waals surface area contributed by atoms with E-state index in [1.165, 1.54) is 26.0 Å². The number of hydrogen-bond acceptors (Lipinski definition) is 8. The van der Waals surface area contributed by atoms with Crippen molar-refractivity contribution in [3.8, 4) is 11.5 Å². The van der Waals surface area contributed by atoms with Crippen molar-refractivity contribution in [2.75, 3.05) is 35.0 Å². The van der Waals surface area contributed by atoms with Crippen LogP contribution in [0.15, 0.2) is 57.8 Å². The molecule has 2 aromatic carbocycles. The standard InChI is InChI=1S/C24H27NO6S/c1-6-25-14-16-12-17(28-2)18(29-3)13-19(16)32-22(24(27)31-5)20(23(26)30-4)21(25)15-10-8-7-9-11-15/h7-13,21H,6,14H2,1-5H3/b22-20+. The largest absolute Gasteiger partial charge is 0.493 e. The first-order valence-electron chi connectivity index (χ1n) is 10.1. The van der Waals surface area contributed by atoms with Gasteiger partial charge in [-0.2, -0.15) is 0 Å². The molecule has 8 heteroatoms. The predicted octanol–water partition coefficient (Wildman–Crippen LogP) is 3.97. The Labute approximate surface area is 192 Å². The Kier molecular flexibility index (Phi) is 7.82. The summed E-state index contributed by atoms with van der Waals surface area (Å²) in [6, 6.07) is 12.8. The SMILES string of the molecule is CCN1Cc2cc(OC)c(OC)cc2S/C(C(=O)OC)=C(/C(=O)OC)C1c1ccccc1. The van der Waals surface area contributed by atoms with Crippen LogP contribution in [0.5, 0.6) is 11.5 Å². The number of esters is 2. The van der Waals surface area contributed by atoms with Gasteiger partial charge in [-0.15, -0.1) is 0 Å². The van der Waals surface area contributed by atoms with E-state index in [2.05, 4.69) is 4.90 Å². The molecule has 0 aliphatic carbocycles. The second-order valence-electron chi connectivity index (χ2n) is 7.02. The number of benzene rings is 2. The Morgan fingerprint density at radius 1 is 0.969 bits per heavy atom. The van der Waals surface area contributed by atoms with Gasteiger partial charge >= 0.3 is 11.9 Å². The van der Waals surface area contributed by atoms with E-state index < -0.39 is 18.0 Å². The van der Waals surface area contributed by atoms with Crippen LogP contribution in [0.25, 0.3) is 0 Å². The van der Waals surface area contributed by atoms with Crippen LogP contribution >= 0.6 is 11.8 Å². The zero-order valence-electron chi connectivity index (χ0n) is 18.8. The Morgan fingerprint density at radius 2 is 1.59 bits per heavy atom. The van der Waals surface area contributed by atoms with Crippen LogP contribution in [0.3, 0.4) is 0 Å². The van der Waals surface area contributed by atoms with Crippen LogP contribution in [0.1, 0.15) is 24.1 Å². The number of ether oxygens (including phenoxy) is 4. The molecule has 0 N–H and O–H groups in total. The summed E-state index contributed by atoms with van der Waals surface area (Å²) in [6.45, 7) is 3.15. The molecule has 0 aromatic heterocycles. The van der Waals surface area contributed by atoms with Gasteiger partial charge in [0.15, 0.2) is 11.5 Å². The van der Waals surface area contributed by atoms with Gasteiger partial charge in [0.2, 0.25) is 0 Å². The summed E-state index contributed by atoms with van der Waals surface area (Å²) in [6.07, 6.45) is 0. The highest BCUT2D eigenvalue weighted by atomic mass is 32.2. The molecule has 7 nitrogen and oxygen atoms in total. The number of carbonyl (C=O) groups excluding carboxylic acids is 2. The zero-order chi connectivity index (χ0) is 23.3. The van der Waals surface area contributed by atoms with Gasteiger partial charge in [-0.05, 0) is 29.8 Å². The second-order valence-corrected chi connectivity index (χ2v) is 8.07. The summed E-state index contributed by atoms with van der Waals surface area (Å²) >= 11 is 1.18. The molecule has 0 saturated heterocycles. The highest BCUT2D eigenvalue weighted by Gasteiger charge is 2.37. The van der Waals surface area contributed by atoms with Gasteiger partial charge < -0.3 is 18.9 Å². The Morgan fingerprint density at radius 3 is 2.16 bits per heavy atom. The lowest BCUT2D eigenvalue weighted by atomic mass is 9.95. The summed E-state index contributed by atoms with van der Waals surface area (Å²) in [5.74, 6) is -0.0495. The molecular weight excluding hydrogens is 430 g/mol. The van der Waals surface area contributed by atoms with Crippen molar-refractivity contribution in [3.05, 3.63) is 64.1 Å². The lowest BCUT2D eigenvalue weighted by Crippen LogP contribution is -2.34. The highest BCUT2D eigenvalue weighted by molar-refractivity contribution is 8.04. The number of methoxy groups -OCH3 is 4. The molecule has 0 fully saturated rings. The number of thioether (sulfide) groups is 1. The smallest absolute Gasteiger partial charge is 0.345 e. The molecule has 0 amide bonds. The summed E-state index contributed by atoms with van der Waals surface area (Å²) in [5, 5.41) is 0. The molecule has 0 radical (unpaired) electrons. The molecule has 170 valence electrons. The minimum Gasteiger partial charge on any atom is -0.493 e. The first-order chi connectivity index (χ1) is 15.5. The molecule has 0 saturated carbocycles. The zero-order valence-corrected chi connectivity index (χ0v) is 19.7. The van der Waals surface area contributed by atoms with Crippen molar-refractivity contribution < 1.29 is 28.5 Å². The Balaban J connectivity index is 2.34. The van der Waals surface area contributed by atoms with Gasteiger partial charge in [0.05, 0.1) is 40.1 Å². The fourth-order valence-electron chi connectivity index (χ4n) is 3.77. The lowest BCUT2D eigenvalue weighted by Gasteiger charge is -2.35. The molecule has 1 heterocycles. The minimum atomic E-state index is -0.602. The van der Waals surface area contributed by atoms with Crippen LogP contribution in [0.4, 0.5) is 0 Å². The van der Waals surface area contributed by atoms with Crippen LogP contribution in [0.2, 0.25) is 0 Å². The maximum atomic E-state index is 13.1. The molecule has 1 unspecified atom stereocenters. The van der Waals surface area contributed by atoms with E-state index in [-0.39, 0.29) is 10.5 Å². The molecule has 0 spiro atoms. The summed E-state index contributed by atoms with van der Waals surface area (Å²) in [4.78, 5) is 29.1. The number of likely N-dealkylation sites (N-methyl/N-ethyl adjacent to an activating group) is 1. The van der Waals surface area contributed by atoms with Gasteiger partial charge in [0.25, 0.3) is 0 Å². The van der Waals surface area contributed by atoms with E-state index in [1.54, 1.807) is 14.2 Å². The average Bonchev–Trinajstić information content (AvgIpc) is 2.83. The molecule has 3 rings (SSSR count). The van der Waals surface area contributed by atoms with E-state index in [0.717, 1.165) is 16.0 Å². The first-order valence-corrected chi connectivity index (χ1v) is 10.9. The number of fused-ring (bicyclic) bond motifs is 1. The number of hydrogen-bond donors (Lipinski definition) is 0. The van der Waals surface area contributed by atoms with Crippen molar-refractivity contribution in [2.24, 2.45) is 0 Å². The van der Waals surface area contributed by atoms with Gasteiger partial charge in [-0.1, -0.05) is 49.0 Å². The number of nitrogens with zero attached hydrogens (tertiary/aromatic N) is 1. The van der Waals surface area contributed by atoms with E-state index in [0.29, 0.717) is 24.6 Å². The number of carbonyl (C=O) groups is 2. The third-order valence-electron chi connectivity index (χ3n) is 5.33. The topological polar surface area (TPSA) is 74.3 Å². The fraction of sp³-hybridized carbons (Fsp3) is 0.333. The van der Waals surface area contributed by atoms with E-state index in [1.807, 2.05) is 49.4 Å². The average molecular weight is 458 g/mol. The van der Waals surface area contributed by atoms with Crippen LogP contribution in [-0.2, 0) is 25.6 Å². The van der Waals surface area contributed by atoms with Crippen molar-refractivity contribution in [3.63, 3.8) is 0 Å². The predicted molar refractivity (Wildman–Crippen MR) is 122 cm³/mol. The highest BCUT2D eigenvalue weighted by Crippen LogP contribution is 2.45. The lowest BCUT2D eigenvalue weighted by molar-refractivity contribution is -0.139. The quantitative estimate of drug-likeness (QED) is 0.604. The van der Waals surface area contributed by atoms with Crippen LogP contribution in [0, 0.1) is 0 Å². The summed E-state index contributed by atoms with van der Waals surface area (Å²) in [5.41, 5.74) is 2.07. The minimum absolute atomic E-state index is 0.180. The molecule has 2 aromatic rings. The summed E-state index contributed by atoms with van der Waals surface area (Å²) in [7, 11) is 5.75. The van der Waals surface area contributed by atoms with Gasteiger partial charge in [0, 0.05) is 11.4 Å². The second kappa shape index (κ2) is 10.6. The molecular formula is C24H27NO6S. The normalized spacial score (nSPS) is 18.7. The van der Waals surface area contributed by atoms with Crippen molar-refractivity contribution in [2.45, 2.75) is 24.4 Å². The monoisotopic (exact) mass is 457 g/mol. The third kappa shape index (κ3) is 4.61. The molecule has 1 aliphatic heterocycles. The molecule has 0 bridgehead atoms. The third-order valence-corrected chi connectivity index (χ3v) is 6.52. The maximum Gasteiger partial charge on any atom is 0.345 e. The molecule has 1 aliphatic rings. The van der Waals surface area contributed by atoms with Crippen LogP contribution < -0.4 is 9.47 Å². The first kappa shape index (κ1) is 23.7. The van der Waals surface area contributed by atoms with Crippen molar-refractivity contribution in [1.82, 2.24) is 4.90 Å². The Hall–Kier alpha value is -2.97. The molecule has 32 heavy (non-hydrogen) atoms. The van der Waals surface area contributed by atoms with Crippen molar-refractivity contribution in [1.29, 1.82) is 0 Å². The van der Waals surface area contributed by atoms with Gasteiger partial charge in [-0.25, -0.2) is 9.59 Å². The van der Waals surface area contributed by atoms with Gasteiger partial charge in [0.1, 0.15) is 4.91 Å². The summed E-state index contributed by atoms with van der Waals surface area (Å²) < 4.78 is 21.2. The maximum absolute atomic E-state index is 13.1. The van der Waals surface area contributed by atoms with E-state index in [9.17, 15) is 9.59 Å². The van der Waals surface area contributed by atoms with E-state index >= 15 is 0 Å².